The zero-order chi connectivity index (χ0) is 19.5. The molecule has 5 heteroatoms. The lowest BCUT2D eigenvalue weighted by atomic mass is 10.1. The third kappa shape index (κ3) is 3.78. The van der Waals surface area contributed by atoms with E-state index < -0.39 is 0 Å². The Balaban J connectivity index is 1.35. The zero-order valence-corrected chi connectivity index (χ0v) is 15.8. The molecule has 0 aliphatic rings. The molecule has 0 spiro atoms. The summed E-state index contributed by atoms with van der Waals surface area (Å²) in [6.45, 7) is 2.46. The Hall–Kier alpha value is -3.47. The average molecular weight is 375 g/mol. The number of fused-ring (bicyclic) bond motifs is 1. The second kappa shape index (κ2) is 7.64. The number of ether oxygens (including phenoxy) is 1. The minimum atomic E-state index is -0.224. The molecule has 2 heterocycles. The topological polar surface area (TPSA) is 64.6 Å². The van der Waals surface area contributed by atoms with Crippen molar-refractivity contribution in [2.45, 2.75) is 13.3 Å². The molecule has 0 bridgehead atoms. The van der Waals surface area contributed by atoms with E-state index in [0.717, 1.165) is 40.2 Å². The molecule has 5 nitrogen and oxygen atoms in total. The number of methoxy groups -OCH3 is 1. The molecular weight excluding hydrogens is 354 g/mol. The van der Waals surface area contributed by atoms with Crippen LogP contribution in [-0.4, -0.2) is 19.6 Å². The van der Waals surface area contributed by atoms with Crippen LogP contribution in [0.2, 0.25) is 0 Å². The van der Waals surface area contributed by atoms with Gasteiger partial charge in [-0.1, -0.05) is 24.3 Å². The van der Waals surface area contributed by atoms with Gasteiger partial charge in [0.05, 0.1) is 7.11 Å². The number of nitrogens with one attached hydrogen (secondary N) is 1. The molecule has 0 unspecified atom stereocenters. The third-order valence-corrected chi connectivity index (χ3v) is 4.63. The highest BCUT2D eigenvalue weighted by Crippen LogP contribution is 2.24. The second-order valence-corrected chi connectivity index (χ2v) is 6.63. The molecule has 28 heavy (non-hydrogen) atoms. The number of hydrogen-bond acceptors (Lipinski definition) is 4. The Labute approximate surface area is 162 Å². The molecule has 2 aromatic carbocycles. The summed E-state index contributed by atoms with van der Waals surface area (Å²) in [6.07, 6.45) is 0.733. The van der Waals surface area contributed by atoms with Crippen LogP contribution in [0.1, 0.15) is 21.9 Å². The van der Waals surface area contributed by atoms with E-state index in [1.54, 1.807) is 25.3 Å². The quantitative estimate of drug-likeness (QED) is 0.516. The van der Waals surface area contributed by atoms with Crippen LogP contribution in [0.5, 0.6) is 5.75 Å². The van der Waals surface area contributed by atoms with E-state index in [9.17, 15) is 4.79 Å². The summed E-state index contributed by atoms with van der Waals surface area (Å²) in [4.78, 5) is 12.4. The first-order chi connectivity index (χ1) is 13.6. The molecule has 1 amide bonds. The van der Waals surface area contributed by atoms with Gasteiger partial charge in [-0.3, -0.25) is 4.79 Å². The van der Waals surface area contributed by atoms with Gasteiger partial charge in [-0.2, -0.15) is 0 Å². The van der Waals surface area contributed by atoms with Crippen LogP contribution in [0, 0.1) is 6.92 Å². The monoisotopic (exact) mass is 375 g/mol. The molecule has 1 N–H and O–H groups in total. The SMILES string of the molecule is COc1ccc2oc(C(=O)NCCc3ccc(-c4ccc(C)o4)cc3)cc2c1. The molecule has 142 valence electrons. The first kappa shape index (κ1) is 17.9. The maximum absolute atomic E-state index is 12.4. The smallest absolute Gasteiger partial charge is 0.287 e. The van der Waals surface area contributed by atoms with Crippen molar-refractivity contribution in [2.75, 3.05) is 13.7 Å². The van der Waals surface area contributed by atoms with E-state index >= 15 is 0 Å². The molecule has 4 aromatic rings. The summed E-state index contributed by atoms with van der Waals surface area (Å²) >= 11 is 0. The molecule has 2 aromatic heterocycles. The van der Waals surface area contributed by atoms with Gasteiger partial charge in [-0.25, -0.2) is 0 Å². The van der Waals surface area contributed by atoms with E-state index in [0.29, 0.717) is 17.9 Å². The van der Waals surface area contributed by atoms with Crippen LogP contribution in [-0.2, 0) is 6.42 Å². The van der Waals surface area contributed by atoms with Crippen molar-refractivity contribution in [1.29, 1.82) is 0 Å². The fraction of sp³-hybridized carbons (Fsp3) is 0.174. The Morgan fingerprint density at radius 3 is 2.54 bits per heavy atom. The molecule has 0 saturated carbocycles. The van der Waals surface area contributed by atoms with Gasteiger partial charge >= 0.3 is 0 Å². The molecule has 0 saturated heterocycles. The van der Waals surface area contributed by atoms with Gasteiger partial charge in [0.2, 0.25) is 0 Å². The lowest BCUT2D eigenvalue weighted by Crippen LogP contribution is -2.25. The molecule has 0 fully saturated rings. The van der Waals surface area contributed by atoms with Crippen LogP contribution >= 0.6 is 0 Å². The predicted molar refractivity (Wildman–Crippen MR) is 108 cm³/mol. The first-order valence-corrected chi connectivity index (χ1v) is 9.14. The highest BCUT2D eigenvalue weighted by atomic mass is 16.5. The van der Waals surface area contributed by atoms with Gasteiger partial charge in [0.1, 0.15) is 22.9 Å². The van der Waals surface area contributed by atoms with Gasteiger partial charge in [0.15, 0.2) is 5.76 Å². The fourth-order valence-corrected chi connectivity index (χ4v) is 3.09. The predicted octanol–water partition coefficient (Wildman–Crippen LogP) is 4.98. The van der Waals surface area contributed by atoms with Gasteiger partial charge in [-0.15, -0.1) is 0 Å². The number of aryl methyl sites for hydroxylation is 1. The first-order valence-electron chi connectivity index (χ1n) is 9.14. The van der Waals surface area contributed by atoms with Gasteiger partial charge in [-0.05, 0) is 55.3 Å². The van der Waals surface area contributed by atoms with E-state index in [4.69, 9.17) is 13.6 Å². The molecule has 0 radical (unpaired) electrons. The lowest BCUT2D eigenvalue weighted by molar-refractivity contribution is 0.0928. The normalized spacial score (nSPS) is 10.9. The fourth-order valence-electron chi connectivity index (χ4n) is 3.09. The largest absolute Gasteiger partial charge is 0.497 e. The average Bonchev–Trinajstić information content (AvgIpc) is 3.34. The zero-order valence-electron chi connectivity index (χ0n) is 15.8. The van der Waals surface area contributed by atoms with E-state index in [-0.39, 0.29) is 5.91 Å². The number of benzene rings is 2. The Bertz CT molecular complexity index is 1110. The van der Waals surface area contributed by atoms with E-state index in [1.165, 1.54) is 0 Å². The molecule has 0 atom stereocenters. The van der Waals surface area contributed by atoms with Gasteiger partial charge in [0, 0.05) is 17.5 Å². The van der Waals surface area contributed by atoms with Crippen molar-refractivity contribution in [3.63, 3.8) is 0 Å². The minimum absolute atomic E-state index is 0.224. The number of hydrogen-bond donors (Lipinski definition) is 1. The van der Waals surface area contributed by atoms with Crippen LogP contribution in [0.3, 0.4) is 0 Å². The van der Waals surface area contributed by atoms with Crippen LogP contribution in [0.15, 0.2) is 69.5 Å². The lowest BCUT2D eigenvalue weighted by Gasteiger charge is -2.04. The Morgan fingerprint density at radius 2 is 1.82 bits per heavy atom. The maximum Gasteiger partial charge on any atom is 0.287 e. The van der Waals surface area contributed by atoms with Crippen molar-refractivity contribution in [2.24, 2.45) is 0 Å². The van der Waals surface area contributed by atoms with Crippen LogP contribution in [0.25, 0.3) is 22.3 Å². The number of furan rings is 2. The number of carbonyl (C=O) groups is 1. The second-order valence-electron chi connectivity index (χ2n) is 6.63. The summed E-state index contributed by atoms with van der Waals surface area (Å²) in [7, 11) is 1.61. The summed E-state index contributed by atoms with van der Waals surface area (Å²) in [5.41, 5.74) is 2.84. The minimum Gasteiger partial charge on any atom is -0.497 e. The maximum atomic E-state index is 12.4. The van der Waals surface area contributed by atoms with Crippen molar-refractivity contribution >= 4 is 16.9 Å². The summed E-state index contributed by atoms with van der Waals surface area (Å²) in [5, 5.41) is 3.75. The Kier molecular flexibility index (Phi) is 4.89. The highest BCUT2D eigenvalue weighted by Gasteiger charge is 2.12. The molecule has 0 aliphatic heterocycles. The number of amides is 1. The summed E-state index contributed by atoms with van der Waals surface area (Å²) in [6, 6.07) is 19.3. The van der Waals surface area contributed by atoms with Crippen LogP contribution < -0.4 is 10.1 Å². The molecular formula is C23H21NO4. The molecule has 4 rings (SSSR count). The van der Waals surface area contributed by atoms with Gasteiger partial charge in [0.25, 0.3) is 5.91 Å². The van der Waals surface area contributed by atoms with E-state index in [2.05, 4.69) is 5.32 Å². The van der Waals surface area contributed by atoms with Crippen molar-refractivity contribution in [1.82, 2.24) is 5.32 Å². The highest BCUT2D eigenvalue weighted by molar-refractivity contribution is 5.96. The van der Waals surface area contributed by atoms with Gasteiger partial charge < -0.3 is 18.9 Å². The Morgan fingerprint density at radius 1 is 1.00 bits per heavy atom. The van der Waals surface area contributed by atoms with Crippen molar-refractivity contribution in [3.8, 4) is 17.1 Å². The van der Waals surface area contributed by atoms with E-state index in [1.807, 2.05) is 49.4 Å². The number of rotatable bonds is 6. The summed E-state index contributed by atoms with van der Waals surface area (Å²) < 4.78 is 16.5. The van der Waals surface area contributed by atoms with Crippen molar-refractivity contribution < 1.29 is 18.4 Å². The third-order valence-electron chi connectivity index (χ3n) is 4.63. The molecule has 0 aliphatic carbocycles. The summed E-state index contributed by atoms with van der Waals surface area (Å²) in [5.74, 6) is 2.56. The number of carbonyl (C=O) groups excluding carboxylic acids is 1. The van der Waals surface area contributed by atoms with Crippen LogP contribution in [0.4, 0.5) is 0 Å². The van der Waals surface area contributed by atoms with Crippen molar-refractivity contribution in [3.05, 3.63) is 77.7 Å². The standard InChI is InChI=1S/C23H21NO4/c1-15-3-9-20(27-15)17-6-4-16(5-7-17)11-12-24-23(25)22-14-18-13-19(26-2)8-10-21(18)28-22/h3-10,13-14H,11-12H2,1-2H3,(H,24,25).